The molecule has 0 bridgehead atoms. The van der Waals surface area contributed by atoms with Crippen LogP contribution in [0.1, 0.15) is 0 Å². The number of aromatic nitrogens is 2. The first-order valence-electron chi connectivity index (χ1n) is 21.3. The Morgan fingerprint density at radius 3 is 1.13 bits per heavy atom. The van der Waals surface area contributed by atoms with Gasteiger partial charge in [0.2, 0.25) is 0 Å². The zero-order chi connectivity index (χ0) is 41.0. The summed E-state index contributed by atoms with van der Waals surface area (Å²) in [6.07, 6.45) is 0. The molecule has 2 heterocycles. The fraction of sp³-hybridized carbons (Fsp3) is 0. The summed E-state index contributed by atoms with van der Waals surface area (Å²) in [4.78, 5) is 0. The zero-order valence-corrected chi connectivity index (χ0v) is 34.0. The van der Waals surface area contributed by atoms with Crippen LogP contribution in [0.25, 0.3) is 111 Å². The van der Waals surface area contributed by atoms with E-state index in [0.717, 1.165) is 11.4 Å². The van der Waals surface area contributed by atoms with Gasteiger partial charge < -0.3 is 9.13 Å². The molecule has 0 aliphatic rings. The van der Waals surface area contributed by atoms with Crippen LogP contribution in [-0.2, 0) is 0 Å². The molecule has 0 aliphatic heterocycles. The van der Waals surface area contributed by atoms with Gasteiger partial charge in [-0.05, 0) is 116 Å². The van der Waals surface area contributed by atoms with Gasteiger partial charge in [-0.3, -0.25) is 0 Å². The van der Waals surface area contributed by atoms with Crippen LogP contribution in [0.15, 0.2) is 243 Å². The van der Waals surface area contributed by atoms with Gasteiger partial charge in [0.05, 0.1) is 22.1 Å². The van der Waals surface area contributed by atoms with E-state index in [9.17, 15) is 0 Å². The van der Waals surface area contributed by atoms with Crippen molar-refractivity contribution in [3.8, 4) is 67.0 Å². The van der Waals surface area contributed by atoms with E-state index >= 15 is 0 Å². The molecular formula is C60H40N2. The quantitative estimate of drug-likeness (QED) is 0.152. The lowest BCUT2D eigenvalue weighted by atomic mass is 9.99. The lowest BCUT2D eigenvalue weighted by molar-refractivity contribution is 1.18. The molecule has 290 valence electrons. The molecule has 2 heteroatoms. The molecule has 0 saturated carbocycles. The average molecular weight is 789 g/mol. The number of rotatable bonds is 7. The van der Waals surface area contributed by atoms with Crippen molar-refractivity contribution < 1.29 is 0 Å². The van der Waals surface area contributed by atoms with Crippen molar-refractivity contribution in [1.82, 2.24) is 9.13 Å². The number of benzene rings is 10. The molecule has 0 amide bonds. The number of hydrogen-bond acceptors (Lipinski definition) is 0. The Morgan fingerprint density at radius 2 is 0.548 bits per heavy atom. The van der Waals surface area contributed by atoms with Gasteiger partial charge in [0.15, 0.2) is 0 Å². The Bertz CT molecular complexity index is 3580. The van der Waals surface area contributed by atoms with Crippen molar-refractivity contribution in [2.45, 2.75) is 0 Å². The Morgan fingerprint density at radius 1 is 0.177 bits per heavy atom. The molecule has 12 rings (SSSR count). The summed E-state index contributed by atoms with van der Waals surface area (Å²) in [6.45, 7) is 0. The highest BCUT2D eigenvalue weighted by Gasteiger charge is 2.17. The molecule has 0 spiro atoms. The second-order valence-electron chi connectivity index (χ2n) is 16.2. The first-order chi connectivity index (χ1) is 30.7. The van der Waals surface area contributed by atoms with Crippen LogP contribution in [0.2, 0.25) is 0 Å². The van der Waals surface area contributed by atoms with Crippen molar-refractivity contribution in [2.75, 3.05) is 0 Å². The Labute approximate surface area is 360 Å². The van der Waals surface area contributed by atoms with Crippen LogP contribution < -0.4 is 0 Å². The first-order valence-corrected chi connectivity index (χ1v) is 21.3. The Balaban J connectivity index is 0.955. The Kier molecular flexibility index (Phi) is 8.53. The van der Waals surface area contributed by atoms with Crippen molar-refractivity contribution >= 4 is 43.6 Å². The fourth-order valence-electron chi connectivity index (χ4n) is 9.46. The highest BCUT2D eigenvalue weighted by Crippen LogP contribution is 2.40. The number of nitrogens with zero attached hydrogens (tertiary/aromatic N) is 2. The minimum Gasteiger partial charge on any atom is -0.309 e. The molecule has 0 N–H and O–H groups in total. The van der Waals surface area contributed by atoms with Crippen LogP contribution >= 0.6 is 0 Å². The highest BCUT2D eigenvalue weighted by atomic mass is 15.0. The number of para-hydroxylation sites is 1. The predicted molar refractivity (Wildman–Crippen MR) is 262 cm³/mol. The maximum absolute atomic E-state index is 2.44. The molecule has 2 aromatic heterocycles. The molecule has 0 unspecified atom stereocenters. The van der Waals surface area contributed by atoms with E-state index in [-0.39, 0.29) is 0 Å². The van der Waals surface area contributed by atoms with Gasteiger partial charge in [0.25, 0.3) is 0 Å². The minimum absolute atomic E-state index is 1.15. The summed E-state index contributed by atoms with van der Waals surface area (Å²) >= 11 is 0. The van der Waals surface area contributed by atoms with E-state index < -0.39 is 0 Å². The third-order valence-electron chi connectivity index (χ3n) is 12.5. The normalized spacial score (nSPS) is 11.5. The topological polar surface area (TPSA) is 9.86 Å². The minimum atomic E-state index is 1.15. The zero-order valence-electron chi connectivity index (χ0n) is 34.0. The number of fused-ring (bicyclic) bond motifs is 6. The molecule has 0 atom stereocenters. The van der Waals surface area contributed by atoms with Gasteiger partial charge in [-0.15, -0.1) is 0 Å². The summed E-state index contributed by atoms with van der Waals surface area (Å²) in [6, 6.07) is 88.4. The lowest BCUT2D eigenvalue weighted by Gasteiger charge is -2.12. The van der Waals surface area contributed by atoms with Crippen LogP contribution in [0.5, 0.6) is 0 Å². The molecule has 0 aliphatic carbocycles. The second kappa shape index (κ2) is 14.8. The van der Waals surface area contributed by atoms with E-state index in [2.05, 4.69) is 252 Å². The van der Waals surface area contributed by atoms with Crippen LogP contribution in [-0.4, -0.2) is 9.13 Å². The van der Waals surface area contributed by atoms with E-state index in [1.165, 1.54) is 99.2 Å². The summed E-state index contributed by atoms with van der Waals surface area (Å²) in [7, 11) is 0. The van der Waals surface area contributed by atoms with Gasteiger partial charge in [-0.1, -0.05) is 182 Å². The van der Waals surface area contributed by atoms with Crippen LogP contribution in [0, 0.1) is 0 Å². The fourth-order valence-corrected chi connectivity index (χ4v) is 9.46. The first kappa shape index (κ1) is 35.7. The summed E-state index contributed by atoms with van der Waals surface area (Å²) < 4.78 is 4.84. The molecular weight excluding hydrogens is 749 g/mol. The Hall–Kier alpha value is -8.20. The molecule has 2 nitrogen and oxygen atoms in total. The average Bonchev–Trinajstić information content (AvgIpc) is 3.87. The van der Waals surface area contributed by atoms with Crippen molar-refractivity contribution in [3.05, 3.63) is 243 Å². The van der Waals surface area contributed by atoms with Crippen molar-refractivity contribution in [1.29, 1.82) is 0 Å². The van der Waals surface area contributed by atoms with E-state index in [0.29, 0.717) is 0 Å². The summed E-state index contributed by atoms with van der Waals surface area (Å²) in [5, 5.41) is 4.96. The van der Waals surface area contributed by atoms with Gasteiger partial charge in [0.1, 0.15) is 0 Å². The van der Waals surface area contributed by atoms with Crippen molar-refractivity contribution in [3.63, 3.8) is 0 Å². The van der Waals surface area contributed by atoms with E-state index in [1.54, 1.807) is 0 Å². The van der Waals surface area contributed by atoms with Crippen LogP contribution in [0.4, 0.5) is 0 Å². The van der Waals surface area contributed by atoms with Crippen LogP contribution in [0.3, 0.4) is 0 Å². The summed E-state index contributed by atoms with van der Waals surface area (Å²) in [5.74, 6) is 0. The standard InChI is InChI=1S/C60H40N2/c1-4-13-41(14-5-1)44-23-25-45(26-24-44)46-27-32-51(33-28-46)61-57-22-11-10-21-53(57)55-38-48(30-35-58(55)61)49-31-36-59-56(39-49)54-34-29-50(43-17-8-3-9-18-43)40-60(54)62(59)52-20-12-19-47(37-52)42-15-6-2-7-16-42/h1-40H. The predicted octanol–water partition coefficient (Wildman–Crippen LogP) is 16.2. The van der Waals surface area contributed by atoms with Crippen molar-refractivity contribution in [2.24, 2.45) is 0 Å². The largest absolute Gasteiger partial charge is 0.309 e. The second-order valence-corrected chi connectivity index (χ2v) is 16.2. The molecule has 0 fully saturated rings. The third-order valence-corrected chi connectivity index (χ3v) is 12.5. The van der Waals surface area contributed by atoms with E-state index in [1.807, 2.05) is 0 Å². The third kappa shape index (κ3) is 6.12. The molecule has 0 saturated heterocycles. The molecule has 12 aromatic rings. The van der Waals surface area contributed by atoms with Gasteiger partial charge in [0, 0.05) is 32.9 Å². The SMILES string of the molecule is c1ccc(-c2ccc(-c3ccc(-n4c5ccccc5c5cc(-c6ccc7c(c6)c6ccc(-c8ccccc8)cc6n7-c6cccc(-c7ccccc7)c6)ccc54)cc3)cc2)cc1. The molecule has 62 heavy (non-hydrogen) atoms. The highest BCUT2D eigenvalue weighted by molar-refractivity contribution is 6.13. The molecule has 10 aromatic carbocycles. The van der Waals surface area contributed by atoms with Gasteiger partial charge in [-0.25, -0.2) is 0 Å². The maximum atomic E-state index is 2.44. The van der Waals surface area contributed by atoms with E-state index in [4.69, 9.17) is 0 Å². The monoisotopic (exact) mass is 788 g/mol. The molecule has 0 radical (unpaired) electrons. The smallest absolute Gasteiger partial charge is 0.0547 e. The maximum Gasteiger partial charge on any atom is 0.0547 e. The van der Waals surface area contributed by atoms with Gasteiger partial charge in [-0.2, -0.15) is 0 Å². The number of hydrogen-bond donors (Lipinski definition) is 0. The van der Waals surface area contributed by atoms with Gasteiger partial charge >= 0.3 is 0 Å². The summed E-state index contributed by atoms with van der Waals surface area (Å²) in [5.41, 5.74) is 19.2. The lowest BCUT2D eigenvalue weighted by Crippen LogP contribution is -1.95.